The standard InChI is InChI=1S/C20H31NO/c1-2-3-4-5-6-7-8-17-9-11-18(12-10-17)19-13-14-20(21,15-19)16-22/h9-12,15,22H,2-8,13-14,16,21H2,1H3/p+1. The van der Waals surface area contributed by atoms with Crippen molar-refractivity contribution in [3.05, 3.63) is 41.5 Å². The van der Waals surface area contributed by atoms with Crippen LogP contribution in [-0.2, 0) is 6.42 Å². The summed E-state index contributed by atoms with van der Waals surface area (Å²) in [5.41, 5.74) is 9.82. The molecule has 0 heterocycles. The Bertz CT molecular complexity index is 477. The van der Waals surface area contributed by atoms with Crippen LogP contribution < -0.4 is 5.73 Å². The highest BCUT2D eigenvalue weighted by Crippen LogP contribution is 2.32. The lowest BCUT2D eigenvalue weighted by Crippen LogP contribution is -2.39. The van der Waals surface area contributed by atoms with Gasteiger partial charge < -0.3 is 10.8 Å². The van der Waals surface area contributed by atoms with Crippen LogP contribution in [0.5, 0.6) is 0 Å². The Morgan fingerprint density at radius 3 is 2.36 bits per heavy atom. The molecule has 0 aromatic heterocycles. The first-order valence-corrected chi connectivity index (χ1v) is 8.91. The molecule has 0 spiro atoms. The van der Waals surface area contributed by atoms with E-state index in [2.05, 4.69) is 37.3 Å². The van der Waals surface area contributed by atoms with Crippen molar-refractivity contribution >= 4 is 5.57 Å². The maximum absolute atomic E-state index is 7.55. The number of nitrogens with two attached hydrogens (primary N) is 1. The monoisotopic (exact) mass is 302 g/mol. The Morgan fingerprint density at radius 1 is 1.05 bits per heavy atom. The third kappa shape index (κ3) is 4.96. The number of hydrogen-bond acceptors (Lipinski definition) is 1. The quantitative estimate of drug-likeness (QED) is 0.539. The van der Waals surface area contributed by atoms with Crippen molar-refractivity contribution in [1.82, 2.24) is 0 Å². The van der Waals surface area contributed by atoms with Crippen LogP contribution in [-0.4, -0.2) is 17.3 Å². The van der Waals surface area contributed by atoms with Gasteiger partial charge in [0.1, 0.15) is 5.54 Å². The molecule has 22 heavy (non-hydrogen) atoms. The minimum absolute atomic E-state index is 0.284. The van der Waals surface area contributed by atoms with E-state index in [1.54, 1.807) is 0 Å². The summed E-state index contributed by atoms with van der Waals surface area (Å²) in [4.78, 5) is 0. The van der Waals surface area contributed by atoms with Crippen LogP contribution in [0.4, 0.5) is 0 Å². The molecule has 0 fully saturated rings. The average Bonchev–Trinajstić information content (AvgIpc) is 2.94. The molecule has 1 atom stereocenters. The predicted molar refractivity (Wildman–Crippen MR) is 96.1 cm³/mol. The van der Waals surface area contributed by atoms with Gasteiger partial charge in [0.25, 0.3) is 0 Å². The molecule has 122 valence electrons. The Hall–Kier alpha value is -1.12. The van der Waals surface area contributed by atoms with Gasteiger partial charge in [0.2, 0.25) is 0 Å². The number of aryl methyl sites for hydroxylation is 1. The molecule has 0 amide bonds. The first-order chi connectivity index (χ1) is 10.7. The first kappa shape index (κ1) is 17.2. The van der Waals surface area contributed by atoms with E-state index in [1.807, 2.05) is 0 Å². The van der Waals surface area contributed by atoms with Crippen LogP contribution in [0.15, 0.2) is 30.3 Å². The van der Waals surface area contributed by atoms with Gasteiger partial charge in [-0.05, 0) is 42.4 Å². The van der Waals surface area contributed by atoms with E-state index < -0.39 is 5.54 Å². The molecular weight excluding hydrogens is 270 g/mol. The van der Waals surface area contributed by atoms with Crippen molar-refractivity contribution in [2.24, 2.45) is 5.73 Å². The first-order valence-electron chi connectivity index (χ1n) is 8.91. The number of rotatable bonds is 9. The van der Waals surface area contributed by atoms with Gasteiger partial charge in [-0.3, -0.25) is 0 Å². The van der Waals surface area contributed by atoms with Gasteiger partial charge in [-0.1, -0.05) is 69.4 Å². The molecule has 2 rings (SSSR count). The number of hydrogen-bond donors (Lipinski definition) is 1. The predicted octanol–water partition coefficient (Wildman–Crippen LogP) is 4.19. The van der Waals surface area contributed by atoms with Crippen molar-refractivity contribution < 1.29 is 5.11 Å². The summed E-state index contributed by atoms with van der Waals surface area (Å²) in [5.74, 6) is 0. The van der Waals surface area contributed by atoms with E-state index in [9.17, 15) is 0 Å². The third-order valence-electron chi connectivity index (χ3n) is 4.79. The molecular formula is C20H32NO+. The smallest absolute Gasteiger partial charge is 0.165 e. The van der Waals surface area contributed by atoms with E-state index in [0.29, 0.717) is 0 Å². The minimum Gasteiger partial charge on any atom is -0.444 e. The summed E-state index contributed by atoms with van der Waals surface area (Å²) in [6.45, 7) is 2.55. The fourth-order valence-electron chi connectivity index (χ4n) is 3.22. The van der Waals surface area contributed by atoms with Crippen molar-refractivity contribution in [2.75, 3.05) is 6.61 Å². The molecule has 0 saturated heterocycles. The second kappa shape index (κ2) is 8.50. The summed E-state index contributed by atoms with van der Waals surface area (Å²) in [5, 5.41) is 7.55. The molecule has 2 heteroatoms. The maximum atomic E-state index is 7.55. The van der Waals surface area contributed by atoms with E-state index >= 15 is 0 Å². The molecule has 0 saturated carbocycles. The van der Waals surface area contributed by atoms with Gasteiger partial charge in [0, 0.05) is 0 Å². The maximum Gasteiger partial charge on any atom is 0.165 e. The van der Waals surface area contributed by atoms with Gasteiger partial charge in [-0.2, -0.15) is 0 Å². The molecule has 2 nitrogen and oxygen atoms in total. The van der Waals surface area contributed by atoms with Crippen molar-refractivity contribution in [1.29, 1.82) is 0 Å². The van der Waals surface area contributed by atoms with Gasteiger partial charge in [0.15, 0.2) is 6.61 Å². The van der Waals surface area contributed by atoms with E-state index in [-0.39, 0.29) is 6.61 Å². The molecule has 1 aliphatic carbocycles. The topological polar surface area (TPSA) is 48.9 Å². The molecule has 0 radical (unpaired) electrons. The van der Waals surface area contributed by atoms with Crippen LogP contribution in [0, 0.1) is 0 Å². The second-order valence-electron chi connectivity index (χ2n) is 6.79. The van der Waals surface area contributed by atoms with Crippen molar-refractivity contribution in [3.8, 4) is 0 Å². The number of unbranched alkanes of at least 4 members (excludes halogenated alkanes) is 5. The van der Waals surface area contributed by atoms with Crippen molar-refractivity contribution in [3.63, 3.8) is 0 Å². The second-order valence-corrected chi connectivity index (χ2v) is 6.79. The average molecular weight is 302 g/mol. The lowest BCUT2D eigenvalue weighted by Gasteiger charge is -2.13. The number of benzene rings is 1. The summed E-state index contributed by atoms with van der Waals surface area (Å²) in [6.07, 6.45) is 13.3. The summed E-state index contributed by atoms with van der Waals surface area (Å²) in [7, 11) is 0. The molecule has 0 aliphatic heterocycles. The van der Waals surface area contributed by atoms with Gasteiger partial charge in [-0.15, -0.1) is 0 Å². The molecule has 4 N–H and O–H groups in total. The Labute approximate surface area is 135 Å². The van der Waals surface area contributed by atoms with Crippen LogP contribution in [0.25, 0.3) is 5.57 Å². The lowest BCUT2D eigenvalue weighted by molar-refractivity contribution is 0.226. The molecule has 1 aromatic rings. The Morgan fingerprint density at radius 2 is 1.73 bits per heavy atom. The van der Waals surface area contributed by atoms with Crippen LogP contribution in [0.1, 0.15) is 69.4 Å². The fourth-order valence-corrected chi connectivity index (χ4v) is 3.22. The zero-order valence-corrected chi connectivity index (χ0v) is 14.0. The summed E-state index contributed by atoms with van der Waals surface area (Å²) in [6, 6.07) is 8.99. The van der Waals surface area contributed by atoms with Gasteiger partial charge in [0.05, 0.1) is 0 Å². The minimum atomic E-state index is -0.396. The summed E-state index contributed by atoms with van der Waals surface area (Å²) < 4.78 is 0. The van der Waals surface area contributed by atoms with Crippen LogP contribution in [0.2, 0.25) is 0 Å². The molecule has 1 aliphatic rings. The third-order valence-corrected chi connectivity index (χ3v) is 4.79. The van der Waals surface area contributed by atoms with Crippen LogP contribution in [0.3, 0.4) is 0 Å². The Balaban J connectivity index is 1.80. The van der Waals surface area contributed by atoms with Crippen molar-refractivity contribution in [2.45, 2.75) is 70.3 Å². The zero-order valence-electron chi connectivity index (χ0n) is 14.0. The highest BCUT2D eigenvalue weighted by Gasteiger charge is 2.30. The fraction of sp³-hybridized carbons (Fsp3) is 0.600. The Kier molecular flexibility index (Phi) is 6.66. The highest BCUT2D eigenvalue weighted by atomic mass is 16.3. The van der Waals surface area contributed by atoms with E-state index in [0.717, 1.165) is 12.8 Å². The molecule has 1 aromatic carbocycles. The van der Waals surface area contributed by atoms with E-state index in [4.69, 9.17) is 10.8 Å². The zero-order chi connectivity index (χ0) is 15.8. The van der Waals surface area contributed by atoms with E-state index in [1.165, 1.54) is 61.6 Å². The normalized spacial score (nSPS) is 21.1. The van der Waals surface area contributed by atoms with Gasteiger partial charge in [-0.25, -0.2) is 0 Å². The summed E-state index contributed by atoms with van der Waals surface area (Å²) >= 11 is 0. The molecule has 0 bridgehead atoms. The largest absolute Gasteiger partial charge is 0.444 e. The highest BCUT2D eigenvalue weighted by molar-refractivity contribution is 5.69. The SMILES string of the molecule is CCCCCCCCc1ccc(C2=CC(N)(C[OH2+])CC2)cc1. The van der Waals surface area contributed by atoms with Gasteiger partial charge >= 0.3 is 0 Å². The molecule has 1 unspecified atom stereocenters. The van der Waals surface area contributed by atoms with Crippen LogP contribution >= 0.6 is 0 Å². The lowest BCUT2D eigenvalue weighted by atomic mass is 10.0. The number of allylic oxidation sites excluding steroid dienone is 1.